The lowest BCUT2D eigenvalue weighted by Gasteiger charge is -2.13. The maximum Gasteiger partial charge on any atom is 0.149 e. The quantitative estimate of drug-likeness (QED) is 0.914. The minimum atomic E-state index is -3.06. The van der Waals surface area contributed by atoms with Crippen molar-refractivity contribution in [3.05, 3.63) is 35.6 Å². The van der Waals surface area contributed by atoms with Gasteiger partial charge in [-0.25, -0.2) is 8.42 Å². The van der Waals surface area contributed by atoms with Crippen LogP contribution in [-0.4, -0.2) is 27.0 Å². The van der Waals surface area contributed by atoms with Gasteiger partial charge < -0.3 is 9.73 Å². The molecule has 5 heteroatoms. The first kappa shape index (κ1) is 14.1. The number of hydrogen-bond acceptors (Lipinski definition) is 4. The van der Waals surface area contributed by atoms with Gasteiger partial charge in [-0.2, -0.15) is 0 Å². The Kier molecular flexibility index (Phi) is 3.96. The third-order valence-electron chi connectivity index (χ3n) is 2.95. The van der Waals surface area contributed by atoms with E-state index in [4.69, 9.17) is 4.42 Å². The summed E-state index contributed by atoms with van der Waals surface area (Å²) in [4.78, 5) is 0. The Hall–Kier alpha value is -1.33. The van der Waals surface area contributed by atoms with Gasteiger partial charge in [0.25, 0.3) is 0 Å². The highest BCUT2D eigenvalue weighted by Crippen LogP contribution is 2.25. The third kappa shape index (κ3) is 3.58. The fourth-order valence-corrected chi connectivity index (χ4v) is 3.03. The maximum absolute atomic E-state index is 11.5. The van der Waals surface area contributed by atoms with Crippen molar-refractivity contribution in [3.8, 4) is 0 Å². The number of hydrogen-bond donors (Lipinski definition) is 1. The molecule has 0 aliphatic carbocycles. The van der Waals surface area contributed by atoms with Gasteiger partial charge in [0, 0.05) is 11.6 Å². The molecule has 1 aromatic heterocycles. The molecular weight excluding hydrogens is 262 g/mol. The third-order valence-corrected chi connectivity index (χ3v) is 3.89. The van der Waals surface area contributed by atoms with Crippen molar-refractivity contribution < 1.29 is 12.8 Å². The van der Waals surface area contributed by atoms with E-state index in [1.54, 1.807) is 0 Å². The molecule has 1 heterocycles. The van der Waals surface area contributed by atoms with Gasteiger partial charge in [0.2, 0.25) is 0 Å². The van der Waals surface area contributed by atoms with Crippen LogP contribution in [0.1, 0.15) is 24.3 Å². The molecule has 4 nitrogen and oxygen atoms in total. The van der Waals surface area contributed by atoms with Crippen molar-refractivity contribution >= 4 is 20.8 Å². The van der Waals surface area contributed by atoms with E-state index in [0.717, 1.165) is 16.5 Å². The number of furan rings is 1. The minimum Gasteiger partial charge on any atom is -0.459 e. The number of aryl methyl sites for hydroxylation is 1. The first-order chi connectivity index (χ1) is 8.89. The average molecular weight is 281 g/mol. The summed E-state index contributed by atoms with van der Waals surface area (Å²) < 4.78 is 28.7. The van der Waals surface area contributed by atoms with Gasteiger partial charge in [-0.05, 0) is 31.7 Å². The number of benzene rings is 1. The van der Waals surface area contributed by atoms with Crippen LogP contribution in [0.25, 0.3) is 11.0 Å². The summed E-state index contributed by atoms with van der Waals surface area (Å²) in [6.45, 7) is 4.66. The number of rotatable bonds is 5. The van der Waals surface area contributed by atoms with Crippen LogP contribution in [0.4, 0.5) is 0 Å². The van der Waals surface area contributed by atoms with E-state index in [9.17, 15) is 8.42 Å². The molecule has 0 aliphatic heterocycles. The van der Waals surface area contributed by atoms with Crippen LogP contribution in [0.5, 0.6) is 0 Å². The SMILES string of the molecule is CCNC(CS(C)(=O)=O)c1cc2cc(C)ccc2o1. The van der Waals surface area contributed by atoms with E-state index in [2.05, 4.69) is 5.32 Å². The van der Waals surface area contributed by atoms with Crippen LogP contribution < -0.4 is 5.32 Å². The van der Waals surface area contributed by atoms with Gasteiger partial charge in [-0.1, -0.05) is 18.6 Å². The summed E-state index contributed by atoms with van der Waals surface area (Å²) in [6, 6.07) is 7.55. The molecule has 0 aliphatic rings. The molecule has 1 N–H and O–H groups in total. The molecule has 0 fully saturated rings. The van der Waals surface area contributed by atoms with E-state index in [1.165, 1.54) is 6.26 Å². The topological polar surface area (TPSA) is 59.3 Å². The second-order valence-electron chi connectivity index (χ2n) is 4.89. The second-order valence-corrected chi connectivity index (χ2v) is 7.08. The molecule has 104 valence electrons. The van der Waals surface area contributed by atoms with Crippen LogP contribution in [0.2, 0.25) is 0 Å². The molecule has 2 aromatic rings. The van der Waals surface area contributed by atoms with Crippen molar-refractivity contribution in [2.24, 2.45) is 0 Å². The van der Waals surface area contributed by atoms with Crippen LogP contribution in [0, 0.1) is 6.92 Å². The monoisotopic (exact) mass is 281 g/mol. The van der Waals surface area contributed by atoms with E-state index in [0.29, 0.717) is 12.3 Å². The molecule has 1 aromatic carbocycles. The highest BCUT2D eigenvalue weighted by Gasteiger charge is 2.20. The standard InChI is InChI=1S/C14H19NO3S/c1-4-15-12(9-19(3,16)17)14-8-11-7-10(2)5-6-13(11)18-14/h5-8,12,15H,4,9H2,1-3H3. The predicted molar refractivity (Wildman–Crippen MR) is 77.1 cm³/mol. The number of sulfone groups is 1. The maximum atomic E-state index is 11.5. The molecular formula is C14H19NO3S. The summed E-state index contributed by atoms with van der Waals surface area (Å²) in [5, 5.41) is 4.16. The first-order valence-electron chi connectivity index (χ1n) is 6.30. The zero-order valence-corrected chi connectivity index (χ0v) is 12.3. The molecule has 1 unspecified atom stereocenters. The lowest BCUT2D eigenvalue weighted by molar-refractivity contribution is 0.457. The average Bonchev–Trinajstić information content (AvgIpc) is 2.69. The zero-order valence-electron chi connectivity index (χ0n) is 11.4. The van der Waals surface area contributed by atoms with Crippen LogP contribution >= 0.6 is 0 Å². The van der Waals surface area contributed by atoms with Gasteiger partial charge >= 0.3 is 0 Å². The summed E-state index contributed by atoms with van der Waals surface area (Å²) >= 11 is 0. The second kappa shape index (κ2) is 5.35. The Balaban J connectivity index is 2.38. The smallest absolute Gasteiger partial charge is 0.149 e. The first-order valence-corrected chi connectivity index (χ1v) is 8.36. The van der Waals surface area contributed by atoms with Gasteiger partial charge in [0.1, 0.15) is 21.2 Å². The van der Waals surface area contributed by atoms with Crippen LogP contribution in [0.3, 0.4) is 0 Å². The fraction of sp³-hybridized carbons (Fsp3) is 0.429. The molecule has 0 saturated heterocycles. The fourth-order valence-electron chi connectivity index (χ4n) is 2.15. The summed E-state index contributed by atoms with van der Waals surface area (Å²) in [5.74, 6) is 0.715. The van der Waals surface area contributed by atoms with Crippen LogP contribution in [0.15, 0.2) is 28.7 Å². The van der Waals surface area contributed by atoms with Gasteiger partial charge in [-0.15, -0.1) is 0 Å². The van der Waals surface area contributed by atoms with Gasteiger partial charge in [0.15, 0.2) is 0 Å². The van der Waals surface area contributed by atoms with Crippen molar-refractivity contribution in [3.63, 3.8) is 0 Å². The molecule has 0 amide bonds. The van der Waals surface area contributed by atoms with Crippen LogP contribution in [-0.2, 0) is 9.84 Å². The predicted octanol–water partition coefficient (Wildman–Crippen LogP) is 2.44. The van der Waals surface area contributed by atoms with Crippen molar-refractivity contribution in [1.82, 2.24) is 5.32 Å². The molecule has 19 heavy (non-hydrogen) atoms. The lowest BCUT2D eigenvalue weighted by Crippen LogP contribution is -2.27. The Labute approximate surface area is 113 Å². The molecule has 0 bridgehead atoms. The van der Waals surface area contributed by atoms with E-state index >= 15 is 0 Å². The van der Waals surface area contributed by atoms with Gasteiger partial charge in [0.05, 0.1) is 11.8 Å². The molecule has 0 radical (unpaired) electrons. The van der Waals surface area contributed by atoms with Crippen molar-refractivity contribution in [2.45, 2.75) is 19.9 Å². The number of fused-ring (bicyclic) bond motifs is 1. The molecule has 0 spiro atoms. The molecule has 0 saturated carbocycles. The summed E-state index contributed by atoms with van der Waals surface area (Å²) in [7, 11) is -3.06. The molecule has 2 rings (SSSR count). The lowest BCUT2D eigenvalue weighted by atomic mass is 10.1. The Bertz CT molecular complexity index is 673. The zero-order chi connectivity index (χ0) is 14.0. The van der Waals surface area contributed by atoms with Gasteiger partial charge in [-0.3, -0.25) is 0 Å². The summed E-state index contributed by atoms with van der Waals surface area (Å²) in [5.41, 5.74) is 1.94. The Morgan fingerprint density at radius 1 is 1.32 bits per heavy atom. The minimum absolute atomic E-state index is 0.0413. The highest BCUT2D eigenvalue weighted by molar-refractivity contribution is 7.90. The Morgan fingerprint density at radius 3 is 2.68 bits per heavy atom. The highest BCUT2D eigenvalue weighted by atomic mass is 32.2. The van der Waals surface area contributed by atoms with E-state index in [1.807, 2.05) is 38.1 Å². The Morgan fingerprint density at radius 2 is 2.05 bits per heavy atom. The molecule has 1 atom stereocenters. The van der Waals surface area contributed by atoms with E-state index < -0.39 is 9.84 Å². The number of nitrogens with one attached hydrogen (secondary N) is 1. The summed E-state index contributed by atoms with van der Waals surface area (Å²) in [6.07, 6.45) is 1.24. The normalized spacial score (nSPS) is 13.8. The van der Waals surface area contributed by atoms with E-state index in [-0.39, 0.29) is 11.8 Å². The van der Waals surface area contributed by atoms with Crippen molar-refractivity contribution in [1.29, 1.82) is 0 Å². The largest absolute Gasteiger partial charge is 0.459 e. The van der Waals surface area contributed by atoms with Crippen molar-refractivity contribution in [2.75, 3.05) is 18.6 Å².